The first-order valence-electron chi connectivity index (χ1n) is 14.6. The number of hydrogen-bond donors (Lipinski definition) is 10. The summed E-state index contributed by atoms with van der Waals surface area (Å²) < 4.78 is 37.6. The van der Waals surface area contributed by atoms with Gasteiger partial charge in [-0.3, -0.25) is 4.79 Å². The topological polar surface area (TPSA) is 288 Å². The van der Waals surface area contributed by atoms with E-state index in [-0.39, 0.29) is 39.9 Å². The molecule has 0 aliphatic carbocycles. The highest BCUT2D eigenvalue weighted by Crippen LogP contribution is 2.48. The Balaban J connectivity index is 1.55. The number of ether oxygens (including phenoxy) is 7. The summed E-state index contributed by atoms with van der Waals surface area (Å²) in [6, 6.07) is 4.81. The summed E-state index contributed by atoms with van der Waals surface area (Å²) in [7, 11) is 1.24. The van der Waals surface area contributed by atoms with Crippen LogP contribution in [-0.4, -0.2) is 144 Å². The highest BCUT2D eigenvalue weighted by atomic mass is 16.7. The lowest BCUT2D eigenvalue weighted by Gasteiger charge is -2.41. The molecule has 0 bridgehead atoms. The minimum Gasteiger partial charge on any atom is -0.571 e. The second kappa shape index (κ2) is 14.2. The zero-order valence-electron chi connectivity index (χ0n) is 25.4. The maximum atomic E-state index is 11.3. The average molecular weight is 686 g/mol. The normalized spacial score (nSPS) is 33.1. The van der Waals surface area contributed by atoms with Crippen LogP contribution in [0.15, 0.2) is 30.0 Å². The molecule has 3 aliphatic heterocycles. The molecule has 11 atom stereocenters. The first kappa shape index (κ1) is 35.2. The highest BCUT2D eigenvalue weighted by molar-refractivity contribution is 5.70. The number of aliphatic hydroxyl groups excluding tert-OH is 7. The first-order chi connectivity index (χ1) is 22.7. The van der Waals surface area contributed by atoms with Crippen molar-refractivity contribution in [3.8, 4) is 34.5 Å². The zero-order chi connectivity index (χ0) is 35.0. The molecule has 2 aromatic rings. The number of aromatic hydroxyl groups is 4. The summed E-state index contributed by atoms with van der Waals surface area (Å²) in [6.45, 7) is -0.116. The van der Waals surface area contributed by atoms with E-state index in [0.717, 1.165) is 19.1 Å². The number of carbonyl (C=O) groups excluding carboxylic acids is 1. The molecule has 3 heterocycles. The van der Waals surface area contributed by atoms with Crippen LogP contribution in [0.4, 0.5) is 0 Å². The van der Waals surface area contributed by atoms with Gasteiger partial charge in [-0.05, 0) is 12.1 Å². The van der Waals surface area contributed by atoms with E-state index in [1.807, 2.05) is 0 Å². The van der Waals surface area contributed by atoms with Gasteiger partial charge in [-0.15, -0.1) is 0 Å². The molecular formula is C30H37O18+. The van der Waals surface area contributed by atoms with E-state index in [0.29, 0.717) is 0 Å². The van der Waals surface area contributed by atoms with Crippen molar-refractivity contribution in [1.29, 1.82) is 0 Å². The Morgan fingerprint density at radius 2 is 1.44 bits per heavy atom. The van der Waals surface area contributed by atoms with Gasteiger partial charge < -0.3 is 84.2 Å². The molecule has 11 unspecified atom stereocenters. The Kier molecular flexibility index (Phi) is 10.4. The van der Waals surface area contributed by atoms with Crippen molar-refractivity contribution < 1.29 is 89.0 Å². The minimum absolute atomic E-state index is 0.0463. The molecule has 2 fully saturated rings. The maximum absolute atomic E-state index is 11.3. The van der Waals surface area contributed by atoms with Gasteiger partial charge in [0.25, 0.3) is 11.9 Å². The van der Waals surface area contributed by atoms with E-state index in [1.54, 1.807) is 0 Å². The van der Waals surface area contributed by atoms with Gasteiger partial charge in [-0.25, -0.2) is 0 Å². The van der Waals surface area contributed by atoms with Crippen LogP contribution < -0.4 is 9.47 Å². The number of hydrogen-bond acceptors (Lipinski definition) is 17. The largest absolute Gasteiger partial charge is 0.571 e. The average Bonchev–Trinajstić information content (AvgIpc) is 3.05. The van der Waals surface area contributed by atoms with Gasteiger partial charge in [-0.1, -0.05) is 0 Å². The number of benzene rings is 2. The lowest BCUT2D eigenvalue weighted by Crippen LogP contribution is -2.60. The third kappa shape index (κ3) is 6.88. The Morgan fingerprint density at radius 1 is 0.812 bits per heavy atom. The second-order valence-corrected chi connectivity index (χ2v) is 11.3. The summed E-state index contributed by atoms with van der Waals surface area (Å²) in [5.74, 6) is -2.70. The summed E-state index contributed by atoms with van der Waals surface area (Å²) >= 11 is 0. The van der Waals surface area contributed by atoms with Crippen LogP contribution in [0.3, 0.4) is 0 Å². The summed E-state index contributed by atoms with van der Waals surface area (Å²) in [4.78, 5) is 11.3. The molecule has 0 amide bonds. The molecular weight excluding hydrogens is 648 g/mol. The van der Waals surface area contributed by atoms with E-state index < -0.39 is 98.2 Å². The number of aliphatic hydroxyl groups is 8. The summed E-state index contributed by atoms with van der Waals surface area (Å²) in [6.07, 6.45) is -16.6. The van der Waals surface area contributed by atoms with Crippen molar-refractivity contribution in [1.82, 2.24) is 0 Å². The molecule has 3 aliphatic rings. The molecule has 0 saturated carbocycles. The maximum Gasteiger partial charge on any atom is 0.302 e. The standard InChI is InChI=1S/C30H36O18/c1-10(32)43-9-20-23(37)25(39)27(41)29(48-20)45-16-6-12(33)5-15-13(16)7-18(46-30-26(40)24(38)22(36)19(8-31)47-30)28(44-15)11-3-14(34)21(35)17(4-11)42-2/h3-7,19-20,22-31,33-41H,8-9H2,1-2H3/p+1. The van der Waals surface area contributed by atoms with E-state index >= 15 is 0 Å². The van der Waals surface area contributed by atoms with E-state index in [9.17, 15) is 55.9 Å². The number of methoxy groups -OCH3 is 1. The molecule has 5 rings (SSSR count). The quantitative estimate of drug-likeness (QED) is 0.0755. The minimum atomic E-state index is -1.84. The van der Waals surface area contributed by atoms with Gasteiger partial charge in [0, 0.05) is 19.1 Å². The SMILES string of the molecule is COc1cc(C2[OH+]c3cc(O)cc(OC4OC(COC(C)=O)C(O)C(O)C4O)c3C=C2OC2OC(CO)C(O)C(O)C2O)cc(O)c1O. The second-order valence-electron chi connectivity index (χ2n) is 11.3. The van der Waals surface area contributed by atoms with E-state index in [2.05, 4.69) is 4.74 Å². The Hall–Kier alpha value is -4.11. The van der Waals surface area contributed by atoms with Crippen LogP contribution in [0.25, 0.3) is 6.08 Å². The zero-order valence-corrected chi connectivity index (χ0v) is 25.4. The van der Waals surface area contributed by atoms with Gasteiger partial charge in [-0.2, -0.15) is 0 Å². The fraction of sp³-hybridized carbons (Fsp3) is 0.500. The van der Waals surface area contributed by atoms with Gasteiger partial charge in [0.2, 0.25) is 18.3 Å². The number of rotatable bonds is 9. The molecule has 0 radical (unpaired) electrons. The monoisotopic (exact) mass is 685 g/mol. The first-order valence-corrected chi connectivity index (χ1v) is 14.6. The van der Waals surface area contributed by atoms with E-state index in [4.69, 9.17) is 28.4 Å². The van der Waals surface area contributed by atoms with Gasteiger partial charge >= 0.3 is 5.97 Å². The fourth-order valence-corrected chi connectivity index (χ4v) is 5.41. The Morgan fingerprint density at radius 3 is 2.06 bits per heavy atom. The smallest absolute Gasteiger partial charge is 0.302 e. The predicted octanol–water partition coefficient (Wildman–Crippen LogP) is -2.28. The number of esters is 1. The van der Waals surface area contributed by atoms with Crippen molar-refractivity contribution in [3.05, 3.63) is 41.2 Å². The van der Waals surface area contributed by atoms with Crippen LogP contribution in [0.2, 0.25) is 0 Å². The molecule has 18 nitrogen and oxygen atoms in total. The summed E-state index contributed by atoms with van der Waals surface area (Å²) in [5, 5.41) is 104. The van der Waals surface area contributed by atoms with E-state index in [1.165, 1.54) is 25.3 Å². The van der Waals surface area contributed by atoms with Crippen molar-refractivity contribution in [2.45, 2.75) is 74.4 Å². The van der Waals surface area contributed by atoms with Gasteiger partial charge in [0.15, 0.2) is 17.3 Å². The number of phenols is 3. The van der Waals surface area contributed by atoms with Gasteiger partial charge in [0.05, 0.1) is 25.3 Å². The fourth-order valence-electron chi connectivity index (χ4n) is 5.41. The third-order valence-corrected chi connectivity index (χ3v) is 8.01. The van der Waals surface area contributed by atoms with Crippen molar-refractivity contribution in [2.24, 2.45) is 0 Å². The van der Waals surface area contributed by atoms with Crippen molar-refractivity contribution in [3.63, 3.8) is 0 Å². The number of fused-ring (bicyclic) bond motifs is 1. The van der Waals surface area contributed by atoms with Crippen molar-refractivity contribution in [2.75, 3.05) is 20.3 Å². The lowest BCUT2D eigenvalue weighted by molar-refractivity contribution is -0.295. The van der Waals surface area contributed by atoms with Crippen LogP contribution in [0, 0.1) is 0 Å². The molecule has 11 N–H and O–H groups in total. The molecule has 0 spiro atoms. The molecule has 2 saturated heterocycles. The highest BCUT2D eigenvalue weighted by Gasteiger charge is 2.48. The predicted molar refractivity (Wildman–Crippen MR) is 156 cm³/mol. The Bertz CT molecular complexity index is 1510. The number of carbonyl (C=O) groups is 1. The summed E-state index contributed by atoms with van der Waals surface area (Å²) in [5.41, 5.74) is 0.234. The lowest BCUT2D eigenvalue weighted by atomic mass is 9.98. The molecule has 0 aromatic heterocycles. The van der Waals surface area contributed by atoms with Crippen molar-refractivity contribution >= 4 is 12.0 Å². The van der Waals surface area contributed by atoms with Crippen LogP contribution in [-0.2, 0) is 23.7 Å². The third-order valence-electron chi connectivity index (χ3n) is 8.01. The Labute approximate surface area is 271 Å². The molecule has 264 valence electrons. The van der Waals surface area contributed by atoms with Crippen LogP contribution >= 0.6 is 0 Å². The van der Waals surface area contributed by atoms with Crippen LogP contribution in [0.1, 0.15) is 24.2 Å². The number of phenolic OH excluding ortho intramolecular Hbond substituents is 3. The molecule has 2 aromatic carbocycles. The molecule has 18 heteroatoms. The molecule has 48 heavy (non-hydrogen) atoms. The van der Waals surface area contributed by atoms with Gasteiger partial charge in [0.1, 0.15) is 72.5 Å². The van der Waals surface area contributed by atoms with Crippen LogP contribution in [0.5, 0.6) is 34.5 Å².